The number of nitrogens with one attached hydrogen (secondary N) is 1. The van der Waals surface area contributed by atoms with E-state index < -0.39 is 0 Å². The molecule has 2 heterocycles. The van der Waals surface area contributed by atoms with Crippen LogP contribution in [0, 0.1) is 6.92 Å². The lowest BCUT2D eigenvalue weighted by Crippen LogP contribution is -2.06. The second-order valence-corrected chi connectivity index (χ2v) is 4.97. The Morgan fingerprint density at radius 2 is 2.00 bits per heavy atom. The van der Waals surface area contributed by atoms with Crippen LogP contribution in [0.2, 0.25) is 0 Å². The third-order valence-electron chi connectivity index (χ3n) is 3.35. The number of anilines is 1. The maximum absolute atomic E-state index is 5.15. The highest BCUT2D eigenvalue weighted by Crippen LogP contribution is 2.12. The van der Waals surface area contributed by atoms with Crippen molar-refractivity contribution in [2.24, 2.45) is 0 Å². The van der Waals surface area contributed by atoms with Crippen molar-refractivity contribution >= 4 is 11.6 Å². The first-order valence-electron chi connectivity index (χ1n) is 6.94. The minimum atomic E-state index is 0.661. The van der Waals surface area contributed by atoms with Gasteiger partial charge in [-0.15, -0.1) is 5.10 Å². The quantitative estimate of drug-likeness (QED) is 0.781. The number of methoxy groups -OCH3 is 1. The van der Waals surface area contributed by atoms with Crippen molar-refractivity contribution in [3.8, 4) is 5.75 Å². The summed E-state index contributed by atoms with van der Waals surface area (Å²) in [5.41, 5.74) is 3.30. The summed E-state index contributed by atoms with van der Waals surface area (Å²) in [7, 11) is 1.67. The molecule has 0 unspecified atom stereocenters. The highest BCUT2D eigenvalue weighted by atomic mass is 16.5. The molecule has 0 bridgehead atoms. The molecular formula is C16H18N4O. The van der Waals surface area contributed by atoms with E-state index in [0.717, 1.165) is 24.4 Å². The van der Waals surface area contributed by atoms with Gasteiger partial charge in [-0.05, 0) is 48.7 Å². The molecule has 0 aliphatic rings. The monoisotopic (exact) mass is 282 g/mol. The van der Waals surface area contributed by atoms with Crippen molar-refractivity contribution in [2.45, 2.75) is 13.3 Å². The van der Waals surface area contributed by atoms with Gasteiger partial charge in [0.05, 0.1) is 7.11 Å². The normalized spacial score (nSPS) is 10.8. The van der Waals surface area contributed by atoms with Crippen LogP contribution in [0.1, 0.15) is 11.1 Å². The molecule has 5 nitrogen and oxygen atoms in total. The molecule has 0 spiro atoms. The van der Waals surface area contributed by atoms with Gasteiger partial charge >= 0.3 is 0 Å². The molecule has 0 atom stereocenters. The minimum absolute atomic E-state index is 0.661. The molecule has 0 fully saturated rings. The Kier molecular flexibility index (Phi) is 3.73. The van der Waals surface area contributed by atoms with Gasteiger partial charge in [0.25, 0.3) is 0 Å². The van der Waals surface area contributed by atoms with Crippen LogP contribution >= 0.6 is 0 Å². The molecule has 1 aromatic carbocycles. The zero-order valence-electron chi connectivity index (χ0n) is 12.2. The van der Waals surface area contributed by atoms with Crippen molar-refractivity contribution in [1.82, 2.24) is 14.6 Å². The van der Waals surface area contributed by atoms with Crippen molar-refractivity contribution in [2.75, 3.05) is 19.0 Å². The number of nitrogens with zero attached hydrogens (tertiary/aromatic N) is 3. The van der Waals surface area contributed by atoms with Gasteiger partial charge in [0.15, 0.2) is 5.65 Å². The van der Waals surface area contributed by atoms with Gasteiger partial charge in [0.1, 0.15) is 5.75 Å². The number of aromatic nitrogens is 3. The van der Waals surface area contributed by atoms with E-state index in [2.05, 4.69) is 27.5 Å². The Morgan fingerprint density at radius 1 is 1.19 bits per heavy atom. The zero-order chi connectivity index (χ0) is 14.7. The second-order valence-electron chi connectivity index (χ2n) is 4.97. The topological polar surface area (TPSA) is 51.5 Å². The predicted molar refractivity (Wildman–Crippen MR) is 82.9 cm³/mol. The number of aryl methyl sites for hydroxylation is 1. The summed E-state index contributed by atoms with van der Waals surface area (Å²) >= 11 is 0. The summed E-state index contributed by atoms with van der Waals surface area (Å²) in [4.78, 5) is 4.45. The first kappa shape index (κ1) is 13.4. The number of pyridine rings is 1. The maximum Gasteiger partial charge on any atom is 0.243 e. The number of hydrogen-bond acceptors (Lipinski definition) is 4. The highest BCUT2D eigenvalue weighted by molar-refractivity contribution is 5.45. The molecule has 0 saturated heterocycles. The van der Waals surface area contributed by atoms with Crippen molar-refractivity contribution in [1.29, 1.82) is 0 Å². The summed E-state index contributed by atoms with van der Waals surface area (Å²) < 4.78 is 6.93. The Hall–Kier alpha value is -2.56. The molecule has 3 rings (SSSR count). The Bertz CT molecular complexity index is 734. The van der Waals surface area contributed by atoms with Crippen LogP contribution < -0.4 is 10.1 Å². The van der Waals surface area contributed by atoms with E-state index in [1.807, 2.05) is 37.4 Å². The first-order valence-corrected chi connectivity index (χ1v) is 6.94. The van der Waals surface area contributed by atoms with Crippen LogP contribution in [0.15, 0.2) is 42.6 Å². The molecule has 21 heavy (non-hydrogen) atoms. The average Bonchev–Trinajstić information content (AvgIpc) is 2.89. The van der Waals surface area contributed by atoms with Gasteiger partial charge < -0.3 is 10.1 Å². The Labute approximate surface area is 123 Å². The number of fused-ring (bicyclic) bond motifs is 1. The second kappa shape index (κ2) is 5.83. The number of rotatable bonds is 5. The highest BCUT2D eigenvalue weighted by Gasteiger charge is 2.03. The first-order chi connectivity index (χ1) is 10.2. The van der Waals surface area contributed by atoms with Gasteiger partial charge in [0.2, 0.25) is 5.95 Å². The van der Waals surface area contributed by atoms with E-state index in [-0.39, 0.29) is 0 Å². The molecule has 2 aromatic heterocycles. The summed E-state index contributed by atoms with van der Waals surface area (Å²) in [6.07, 6.45) is 2.84. The molecule has 0 amide bonds. The van der Waals surface area contributed by atoms with E-state index in [1.165, 1.54) is 11.1 Å². The van der Waals surface area contributed by atoms with Crippen LogP contribution in [0.3, 0.4) is 0 Å². The van der Waals surface area contributed by atoms with E-state index in [1.54, 1.807) is 11.6 Å². The van der Waals surface area contributed by atoms with Crippen LogP contribution in [-0.2, 0) is 6.42 Å². The van der Waals surface area contributed by atoms with Gasteiger partial charge in [-0.2, -0.15) is 4.98 Å². The fourth-order valence-electron chi connectivity index (χ4n) is 2.17. The van der Waals surface area contributed by atoms with Crippen molar-refractivity contribution < 1.29 is 4.74 Å². The van der Waals surface area contributed by atoms with E-state index in [4.69, 9.17) is 4.74 Å². The molecule has 3 aromatic rings. The summed E-state index contributed by atoms with van der Waals surface area (Å²) in [5.74, 6) is 1.54. The molecule has 0 saturated carbocycles. The molecule has 0 aliphatic carbocycles. The van der Waals surface area contributed by atoms with Crippen LogP contribution in [0.4, 0.5) is 5.95 Å². The number of benzene rings is 1. The van der Waals surface area contributed by atoms with E-state index >= 15 is 0 Å². The molecule has 0 radical (unpaired) electrons. The lowest BCUT2D eigenvalue weighted by Gasteiger charge is -2.04. The number of hydrogen-bond donors (Lipinski definition) is 1. The van der Waals surface area contributed by atoms with Crippen molar-refractivity contribution in [3.05, 3.63) is 53.7 Å². The van der Waals surface area contributed by atoms with Crippen LogP contribution in [-0.4, -0.2) is 28.3 Å². The third-order valence-corrected chi connectivity index (χ3v) is 3.35. The number of ether oxygens (including phenoxy) is 1. The van der Waals surface area contributed by atoms with E-state index in [9.17, 15) is 0 Å². The van der Waals surface area contributed by atoms with Gasteiger partial charge in [-0.1, -0.05) is 12.1 Å². The maximum atomic E-state index is 5.15. The lowest BCUT2D eigenvalue weighted by molar-refractivity contribution is 0.414. The Morgan fingerprint density at radius 3 is 2.76 bits per heavy atom. The van der Waals surface area contributed by atoms with Gasteiger partial charge in [-0.3, -0.25) is 0 Å². The molecule has 108 valence electrons. The SMILES string of the molecule is COc1ccc(CCNc2nc3cc(C)ccn3n2)cc1. The largest absolute Gasteiger partial charge is 0.497 e. The summed E-state index contributed by atoms with van der Waals surface area (Å²) in [6.45, 7) is 2.84. The molecule has 1 N–H and O–H groups in total. The van der Waals surface area contributed by atoms with Crippen molar-refractivity contribution in [3.63, 3.8) is 0 Å². The average molecular weight is 282 g/mol. The smallest absolute Gasteiger partial charge is 0.243 e. The van der Waals surface area contributed by atoms with Crippen LogP contribution in [0.5, 0.6) is 5.75 Å². The van der Waals surface area contributed by atoms with Crippen LogP contribution in [0.25, 0.3) is 5.65 Å². The van der Waals surface area contributed by atoms with E-state index in [0.29, 0.717) is 5.95 Å². The zero-order valence-corrected chi connectivity index (χ0v) is 12.2. The van der Waals surface area contributed by atoms with Gasteiger partial charge in [-0.25, -0.2) is 4.52 Å². The fraction of sp³-hybridized carbons (Fsp3) is 0.250. The summed E-state index contributed by atoms with van der Waals surface area (Å²) in [5, 5.41) is 7.64. The van der Waals surface area contributed by atoms with Gasteiger partial charge in [0, 0.05) is 12.7 Å². The summed E-state index contributed by atoms with van der Waals surface area (Å²) in [6, 6.07) is 12.1. The predicted octanol–water partition coefficient (Wildman–Crippen LogP) is 2.70. The lowest BCUT2D eigenvalue weighted by atomic mass is 10.1. The third kappa shape index (κ3) is 3.13. The molecule has 5 heteroatoms. The molecular weight excluding hydrogens is 264 g/mol. The minimum Gasteiger partial charge on any atom is -0.497 e. The Balaban J connectivity index is 1.60. The fourth-order valence-corrected chi connectivity index (χ4v) is 2.17. The molecule has 0 aliphatic heterocycles. The standard InChI is InChI=1S/C16H18N4O/c1-12-8-10-20-15(11-12)18-16(19-20)17-9-7-13-3-5-14(21-2)6-4-13/h3-6,8,10-11H,7,9H2,1-2H3,(H,17,19).